The van der Waals surface area contributed by atoms with Crippen LogP contribution in [-0.4, -0.2) is 23.2 Å². The molecule has 2 saturated carbocycles. The maximum Gasteiger partial charge on any atom is 0.331 e. The zero-order chi connectivity index (χ0) is 15.9. The molecule has 0 aromatic rings. The molecule has 2 amide bonds. The summed E-state index contributed by atoms with van der Waals surface area (Å²) in [6.07, 6.45) is 8.55. The Bertz CT molecular complexity index is 441. The van der Waals surface area contributed by atoms with E-state index >= 15 is 0 Å². The summed E-state index contributed by atoms with van der Waals surface area (Å²) in [4.78, 5) is 23.5. The summed E-state index contributed by atoms with van der Waals surface area (Å²) >= 11 is 0. The zero-order valence-corrected chi connectivity index (χ0v) is 13.5. The van der Waals surface area contributed by atoms with Crippen molar-refractivity contribution in [3.05, 3.63) is 0 Å². The van der Waals surface area contributed by atoms with Gasteiger partial charge in [0.05, 0.1) is 0 Å². The van der Waals surface area contributed by atoms with Gasteiger partial charge in [0, 0.05) is 11.4 Å². The molecule has 0 radical (unpaired) electrons. The normalized spacial score (nSPS) is 29.4. The summed E-state index contributed by atoms with van der Waals surface area (Å²) in [5.74, 6) is -0.753. The van der Waals surface area contributed by atoms with Gasteiger partial charge in [-0.3, -0.25) is 9.59 Å². The first kappa shape index (κ1) is 16.6. The van der Waals surface area contributed by atoms with Crippen molar-refractivity contribution in [2.24, 2.45) is 22.0 Å². The van der Waals surface area contributed by atoms with Gasteiger partial charge in [0.2, 0.25) is 0 Å². The fraction of sp³-hybridized carbons (Fsp3) is 0.750. The molecule has 0 bridgehead atoms. The molecular formula is C16H26N4O2. The van der Waals surface area contributed by atoms with Gasteiger partial charge in [0.15, 0.2) is 0 Å². The van der Waals surface area contributed by atoms with E-state index in [9.17, 15) is 9.59 Å². The standard InChI is InChI=1S/C16H26N4O2/c1-11-7-3-5-9-13(11)17-19-15(21)16(22)20-18-14-10-6-4-8-12(14)2/h11-12H,3-10H2,1-2H3,(H,19,21)(H,20,22)/b17-13+,18-14+/t11-,12-/m1/s1. The van der Waals surface area contributed by atoms with Crippen molar-refractivity contribution >= 4 is 23.2 Å². The van der Waals surface area contributed by atoms with Gasteiger partial charge >= 0.3 is 11.8 Å². The molecule has 2 N–H and O–H groups in total. The lowest BCUT2D eigenvalue weighted by Gasteiger charge is -2.20. The minimum Gasteiger partial charge on any atom is -0.262 e. The Hall–Kier alpha value is -1.72. The molecule has 0 aliphatic heterocycles. The number of carbonyl (C=O) groups is 2. The van der Waals surface area contributed by atoms with Crippen molar-refractivity contribution in [1.29, 1.82) is 0 Å². The molecule has 122 valence electrons. The summed E-state index contributed by atoms with van der Waals surface area (Å²) in [5.41, 5.74) is 6.64. The van der Waals surface area contributed by atoms with Gasteiger partial charge in [-0.2, -0.15) is 10.2 Å². The van der Waals surface area contributed by atoms with Crippen LogP contribution in [0.1, 0.15) is 65.2 Å². The van der Waals surface area contributed by atoms with E-state index in [0.717, 1.165) is 49.9 Å². The second kappa shape index (κ2) is 8.06. The van der Waals surface area contributed by atoms with Gasteiger partial charge in [0.1, 0.15) is 0 Å². The van der Waals surface area contributed by atoms with Crippen LogP contribution >= 0.6 is 0 Å². The largest absolute Gasteiger partial charge is 0.331 e. The Morgan fingerprint density at radius 1 is 0.818 bits per heavy atom. The third kappa shape index (κ3) is 4.64. The SMILES string of the molecule is C[C@@H]1CCCC/C1=N\NC(=O)C(=O)N/N=C1\CCCC[C@H]1C. The van der Waals surface area contributed by atoms with Crippen LogP contribution in [0.5, 0.6) is 0 Å². The number of carbonyl (C=O) groups excluding carboxylic acids is 2. The first-order valence-electron chi connectivity index (χ1n) is 8.31. The summed E-state index contributed by atoms with van der Waals surface area (Å²) in [6, 6.07) is 0. The van der Waals surface area contributed by atoms with E-state index < -0.39 is 11.8 Å². The van der Waals surface area contributed by atoms with Gasteiger partial charge in [0.25, 0.3) is 0 Å². The minimum absolute atomic E-state index is 0.375. The average Bonchev–Trinajstić information content (AvgIpc) is 2.52. The van der Waals surface area contributed by atoms with Crippen LogP contribution in [0.25, 0.3) is 0 Å². The topological polar surface area (TPSA) is 82.9 Å². The van der Waals surface area contributed by atoms with E-state index in [1.807, 2.05) is 0 Å². The number of hydrazone groups is 2. The molecule has 2 fully saturated rings. The van der Waals surface area contributed by atoms with Crippen molar-refractivity contribution in [1.82, 2.24) is 10.9 Å². The molecule has 2 atom stereocenters. The zero-order valence-electron chi connectivity index (χ0n) is 13.5. The maximum atomic E-state index is 11.7. The van der Waals surface area contributed by atoms with Crippen molar-refractivity contribution in [2.45, 2.75) is 65.2 Å². The number of rotatable bonds is 2. The Kier molecular flexibility index (Phi) is 6.10. The number of nitrogens with one attached hydrogen (secondary N) is 2. The smallest absolute Gasteiger partial charge is 0.262 e. The number of amides is 2. The van der Waals surface area contributed by atoms with Crippen molar-refractivity contribution in [2.75, 3.05) is 0 Å². The molecule has 6 heteroatoms. The highest BCUT2D eigenvalue weighted by atomic mass is 16.2. The molecule has 2 rings (SSSR count). The monoisotopic (exact) mass is 306 g/mol. The third-order valence-electron chi connectivity index (χ3n) is 4.59. The fourth-order valence-corrected chi connectivity index (χ4v) is 3.02. The van der Waals surface area contributed by atoms with E-state index in [2.05, 4.69) is 34.9 Å². The predicted molar refractivity (Wildman–Crippen MR) is 86.4 cm³/mol. The number of hydrogen-bond acceptors (Lipinski definition) is 4. The molecule has 0 unspecified atom stereocenters. The molecule has 6 nitrogen and oxygen atoms in total. The van der Waals surface area contributed by atoms with Crippen LogP contribution in [0.2, 0.25) is 0 Å². The first-order chi connectivity index (χ1) is 10.6. The average molecular weight is 306 g/mol. The minimum atomic E-state index is -0.752. The van der Waals surface area contributed by atoms with Crippen LogP contribution in [0.4, 0.5) is 0 Å². The summed E-state index contributed by atoms with van der Waals surface area (Å²) in [6.45, 7) is 4.20. The second-order valence-corrected chi connectivity index (χ2v) is 6.38. The molecular weight excluding hydrogens is 280 g/mol. The highest BCUT2D eigenvalue weighted by Gasteiger charge is 2.19. The van der Waals surface area contributed by atoms with E-state index in [1.54, 1.807) is 0 Å². The van der Waals surface area contributed by atoms with Crippen LogP contribution < -0.4 is 10.9 Å². The second-order valence-electron chi connectivity index (χ2n) is 6.38. The highest BCUT2D eigenvalue weighted by molar-refractivity contribution is 6.35. The van der Waals surface area contributed by atoms with Crippen LogP contribution in [0, 0.1) is 11.8 Å². The van der Waals surface area contributed by atoms with Gasteiger partial charge in [-0.05, 0) is 50.4 Å². The molecule has 2 aliphatic carbocycles. The molecule has 0 saturated heterocycles. The fourth-order valence-electron chi connectivity index (χ4n) is 3.02. The lowest BCUT2D eigenvalue weighted by atomic mass is 9.89. The Morgan fingerprint density at radius 2 is 1.23 bits per heavy atom. The molecule has 22 heavy (non-hydrogen) atoms. The lowest BCUT2D eigenvalue weighted by Crippen LogP contribution is -2.37. The van der Waals surface area contributed by atoms with Gasteiger partial charge < -0.3 is 0 Å². The molecule has 0 aromatic heterocycles. The Morgan fingerprint density at radius 3 is 1.59 bits per heavy atom. The lowest BCUT2D eigenvalue weighted by molar-refractivity contribution is -0.139. The van der Waals surface area contributed by atoms with Crippen LogP contribution in [-0.2, 0) is 9.59 Å². The van der Waals surface area contributed by atoms with E-state index in [1.165, 1.54) is 12.8 Å². The van der Waals surface area contributed by atoms with Crippen molar-refractivity contribution in [3.63, 3.8) is 0 Å². The highest BCUT2D eigenvalue weighted by Crippen LogP contribution is 2.21. The van der Waals surface area contributed by atoms with Gasteiger partial charge in [-0.15, -0.1) is 0 Å². The van der Waals surface area contributed by atoms with E-state index in [4.69, 9.17) is 0 Å². The summed E-state index contributed by atoms with van der Waals surface area (Å²) in [7, 11) is 0. The Labute approximate surface area is 131 Å². The predicted octanol–water partition coefficient (Wildman–Crippen LogP) is 2.35. The van der Waals surface area contributed by atoms with Gasteiger partial charge in [-0.25, -0.2) is 10.9 Å². The van der Waals surface area contributed by atoms with Gasteiger partial charge in [-0.1, -0.05) is 26.7 Å². The third-order valence-corrected chi connectivity index (χ3v) is 4.59. The molecule has 0 spiro atoms. The van der Waals surface area contributed by atoms with Crippen molar-refractivity contribution < 1.29 is 9.59 Å². The quantitative estimate of drug-likeness (QED) is 0.606. The molecule has 0 aromatic carbocycles. The van der Waals surface area contributed by atoms with E-state index in [-0.39, 0.29) is 0 Å². The van der Waals surface area contributed by atoms with Crippen LogP contribution in [0.3, 0.4) is 0 Å². The van der Waals surface area contributed by atoms with E-state index in [0.29, 0.717) is 11.8 Å². The molecule has 0 heterocycles. The van der Waals surface area contributed by atoms with Crippen LogP contribution in [0.15, 0.2) is 10.2 Å². The summed E-state index contributed by atoms with van der Waals surface area (Å²) < 4.78 is 0. The summed E-state index contributed by atoms with van der Waals surface area (Å²) in [5, 5.41) is 8.21. The Balaban J connectivity index is 1.83. The van der Waals surface area contributed by atoms with Crippen molar-refractivity contribution in [3.8, 4) is 0 Å². The molecule has 2 aliphatic rings. The maximum absolute atomic E-state index is 11.7. The number of hydrogen-bond donors (Lipinski definition) is 2. The first-order valence-corrected chi connectivity index (χ1v) is 8.31. The number of nitrogens with zero attached hydrogens (tertiary/aromatic N) is 2.